The van der Waals surface area contributed by atoms with Crippen molar-refractivity contribution in [2.75, 3.05) is 73.8 Å². The number of rotatable bonds is 9. The van der Waals surface area contributed by atoms with E-state index in [-0.39, 0.29) is 19.4 Å². The highest BCUT2D eigenvalue weighted by atomic mass is 19.3. The Bertz CT molecular complexity index is 1180. The number of cyclic esters (lactones) is 1. The average Bonchev–Trinajstić information content (AvgIpc) is 3.18. The van der Waals surface area contributed by atoms with E-state index in [2.05, 4.69) is 29.2 Å². The highest BCUT2D eigenvalue weighted by molar-refractivity contribution is 5.90. The van der Waals surface area contributed by atoms with Crippen LogP contribution in [-0.2, 0) is 25.7 Å². The number of hydrogen-bond donors (Lipinski definition) is 0. The summed E-state index contributed by atoms with van der Waals surface area (Å²) in [5.74, 6) is -1.68. The summed E-state index contributed by atoms with van der Waals surface area (Å²) >= 11 is 0. The highest BCUT2D eigenvalue weighted by Gasteiger charge is 2.33. The predicted octanol–water partition coefficient (Wildman–Crippen LogP) is 3.86. The maximum Gasteiger partial charge on any atom is 0.414 e. The molecule has 0 spiro atoms. The minimum absolute atomic E-state index is 0.00568. The quantitative estimate of drug-likeness (QED) is 0.457. The van der Waals surface area contributed by atoms with Gasteiger partial charge < -0.3 is 19.3 Å². The number of hydrogen-bond acceptors (Lipinski definition) is 8. The number of morpholine rings is 1. The Kier molecular flexibility index (Phi) is 9.08. The Labute approximate surface area is 230 Å². The molecule has 3 aliphatic heterocycles. The molecule has 0 N–H and O–H groups in total. The lowest BCUT2D eigenvalue weighted by Crippen LogP contribution is -2.36. The van der Waals surface area contributed by atoms with E-state index >= 15 is 4.39 Å². The van der Waals surface area contributed by atoms with Crippen molar-refractivity contribution in [3.8, 4) is 0 Å². The van der Waals surface area contributed by atoms with Gasteiger partial charge in [0.15, 0.2) is 5.78 Å². The number of amides is 1. The van der Waals surface area contributed by atoms with Crippen LogP contribution in [0, 0.1) is 5.82 Å². The number of anilines is 3. The van der Waals surface area contributed by atoms with Crippen LogP contribution < -0.4 is 14.7 Å². The normalized spacial score (nSPS) is 20.6. The molecule has 0 aromatic heterocycles. The molecule has 0 aliphatic carbocycles. The fourth-order valence-electron chi connectivity index (χ4n) is 5.11. The first kappa shape index (κ1) is 28.2. The monoisotopic (exact) mass is 562 g/mol. The summed E-state index contributed by atoms with van der Waals surface area (Å²) in [5, 5.41) is 1.88. The van der Waals surface area contributed by atoms with Gasteiger partial charge in [0.1, 0.15) is 11.9 Å². The van der Waals surface area contributed by atoms with Crippen LogP contribution in [0.1, 0.15) is 18.4 Å². The molecule has 0 unspecified atom stereocenters. The lowest BCUT2D eigenvalue weighted by molar-refractivity contribution is -0.154. The van der Waals surface area contributed by atoms with E-state index in [0.717, 1.165) is 31.9 Å². The third kappa shape index (κ3) is 6.86. The van der Waals surface area contributed by atoms with Gasteiger partial charge in [-0.3, -0.25) is 14.5 Å². The minimum atomic E-state index is -3.04. The zero-order valence-corrected chi connectivity index (χ0v) is 22.1. The van der Waals surface area contributed by atoms with E-state index in [0.29, 0.717) is 44.2 Å². The maximum absolute atomic E-state index is 15.2. The van der Waals surface area contributed by atoms with E-state index in [1.54, 1.807) is 12.1 Å². The SMILES string of the molecule is O=C(CC[C@H]1CN(c2ccc(N3CCON(Cc4ccc(N5CCOCC5)cc4)CC3)c(F)c2)C(=O)O1)C(F)F. The number of benzene rings is 2. The summed E-state index contributed by atoms with van der Waals surface area (Å²) in [5.41, 5.74) is 3.00. The molecule has 1 amide bonds. The Morgan fingerprint density at radius 1 is 0.925 bits per heavy atom. The van der Waals surface area contributed by atoms with Gasteiger partial charge in [-0.25, -0.2) is 18.0 Å². The van der Waals surface area contributed by atoms with Crippen LogP contribution in [0.25, 0.3) is 0 Å². The molecule has 2 aromatic carbocycles. The molecule has 40 heavy (non-hydrogen) atoms. The Hall–Kier alpha value is -3.35. The van der Waals surface area contributed by atoms with Crippen LogP contribution >= 0.6 is 0 Å². The van der Waals surface area contributed by atoms with Crippen molar-refractivity contribution >= 4 is 28.9 Å². The van der Waals surface area contributed by atoms with Crippen molar-refractivity contribution in [3.05, 3.63) is 53.8 Å². The number of ketones is 1. The van der Waals surface area contributed by atoms with Gasteiger partial charge in [-0.05, 0) is 42.3 Å². The molecule has 3 saturated heterocycles. The van der Waals surface area contributed by atoms with Crippen LogP contribution in [-0.4, -0.2) is 88.6 Å². The lowest BCUT2D eigenvalue weighted by Gasteiger charge is -2.29. The van der Waals surface area contributed by atoms with Crippen molar-refractivity contribution in [1.29, 1.82) is 0 Å². The van der Waals surface area contributed by atoms with Crippen LogP contribution in [0.3, 0.4) is 0 Å². The van der Waals surface area contributed by atoms with Gasteiger partial charge >= 0.3 is 6.09 Å². The number of carbonyl (C=O) groups is 2. The Morgan fingerprint density at radius 2 is 1.65 bits per heavy atom. The van der Waals surface area contributed by atoms with Gasteiger partial charge in [0, 0.05) is 51.4 Å². The summed E-state index contributed by atoms with van der Waals surface area (Å²) in [4.78, 5) is 34.9. The zero-order chi connectivity index (χ0) is 28.1. The van der Waals surface area contributed by atoms with Gasteiger partial charge in [-0.15, -0.1) is 0 Å². The van der Waals surface area contributed by atoms with Crippen molar-refractivity contribution in [3.63, 3.8) is 0 Å². The average molecular weight is 563 g/mol. The number of halogens is 3. The second-order valence-electron chi connectivity index (χ2n) is 10.0. The molecule has 216 valence electrons. The largest absolute Gasteiger partial charge is 0.444 e. The topological polar surface area (TPSA) is 74.8 Å². The minimum Gasteiger partial charge on any atom is -0.444 e. The zero-order valence-electron chi connectivity index (χ0n) is 22.1. The number of alkyl halides is 2. The van der Waals surface area contributed by atoms with E-state index in [1.165, 1.54) is 16.7 Å². The van der Waals surface area contributed by atoms with Gasteiger partial charge in [-0.2, -0.15) is 5.06 Å². The van der Waals surface area contributed by atoms with Crippen molar-refractivity contribution in [2.45, 2.75) is 31.9 Å². The molecule has 3 aliphatic rings. The summed E-state index contributed by atoms with van der Waals surface area (Å²) in [7, 11) is 0. The van der Waals surface area contributed by atoms with Crippen molar-refractivity contribution < 1.29 is 37.1 Å². The predicted molar refractivity (Wildman–Crippen MR) is 142 cm³/mol. The van der Waals surface area contributed by atoms with Gasteiger partial charge in [0.25, 0.3) is 6.43 Å². The highest BCUT2D eigenvalue weighted by Crippen LogP contribution is 2.29. The third-order valence-corrected chi connectivity index (χ3v) is 7.34. The van der Waals surface area contributed by atoms with E-state index < -0.39 is 30.2 Å². The summed E-state index contributed by atoms with van der Waals surface area (Å²) < 4.78 is 50.7. The fourth-order valence-corrected chi connectivity index (χ4v) is 5.11. The molecule has 0 saturated carbocycles. The molecular formula is C28H33F3N4O5. The smallest absolute Gasteiger partial charge is 0.414 e. The van der Waals surface area contributed by atoms with Crippen LogP contribution in [0.2, 0.25) is 0 Å². The molecule has 2 aromatic rings. The Balaban J connectivity index is 1.14. The number of Topliss-reactive ketones (excluding diaryl/α,β-unsaturated/α-hetero) is 1. The maximum atomic E-state index is 15.2. The second kappa shape index (κ2) is 12.9. The summed E-state index contributed by atoms with van der Waals surface area (Å²) in [6, 6.07) is 12.9. The van der Waals surface area contributed by atoms with E-state index in [4.69, 9.17) is 14.3 Å². The second-order valence-corrected chi connectivity index (χ2v) is 10.0. The van der Waals surface area contributed by atoms with Crippen LogP contribution in [0.4, 0.5) is 35.0 Å². The fraction of sp³-hybridized carbons (Fsp3) is 0.500. The lowest BCUT2D eigenvalue weighted by atomic mass is 10.1. The van der Waals surface area contributed by atoms with Crippen molar-refractivity contribution in [1.82, 2.24) is 5.06 Å². The number of carbonyl (C=O) groups excluding carboxylic acids is 2. The molecule has 9 nitrogen and oxygen atoms in total. The first-order valence-electron chi connectivity index (χ1n) is 13.5. The summed E-state index contributed by atoms with van der Waals surface area (Å²) in [6.07, 6.45) is -4.84. The molecule has 0 bridgehead atoms. The van der Waals surface area contributed by atoms with Gasteiger partial charge in [0.05, 0.1) is 37.7 Å². The van der Waals surface area contributed by atoms with Gasteiger partial charge in [0.2, 0.25) is 0 Å². The molecule has 0 radical (unpaired) electrons. The van der Waals surface area contributed by atoms with Crippen molar-refractivity contribution in [2.24, 2.45) is 0 Å². The van der Waals surface area contributed by atoms with Crippen LogP contribution in [0.5, 0.6) is 0 Å². The van der Waals surface area contributed by atoms with Gasteiger partial charge in [-0.1, -0.05) is 12.1 Å². The number of hydroxylamine groups is 2. The molecular weight excluding hydrogens is 529 g/mol. The van der Waals surface area contributed by atoms with Crippen LogP contribution in [0.15, 0.2) is 42.5 Å². The third-order valence-electron chi connectivity index (χ3n) is 7.34. The van der Waals surface area contributed by atoms with E-state index in [1.807, 2.05) is 9.96 Å². The molecule has 12 heteroatoms. The first-order valence-corrected chi connectivity index (χ1v) is 13.5. The first-order chi connectivity index (χ1) is 19.4. The Morgan fingerprint density at radius 3 is 2.38 bits per heavy atom. The van der Waals surface area contributed by atoms with E-state index in [9.17, 15) is 18.4 Å². The molecule has 3 heterocycles. The molecule has 3 fully saturated rings. The summed E-state index contributed by atoms with van der Waals surface area (Å²) in [6.45, 7) is 5.93. The number of ether oxygens (including phenoxy) is 2. The standard InChI is InChI=1S/C28H33F3N4O5/c29-24-17-22(35-19-23(40-28(35)37)6-8-26(36)27(30)31)5-7-25(24)33-9-10-34(39-16-13-33)18-20-1-3-21(4-2-20)32-11-14-38-15-12-32/h1-5,7,17,23,27H,6,8-16,18-19H2/t23-/m0/s1. The molecule has 5 rings (SSSR count). The molecule has 1 atom stereocenters. The number of nitrogens with zero attached hydrogens (tertiary/aromatic N) is 4.